The number of amides is 1. The van der Waals surface area contributed by atoms with Gasteiger partial charge in [-0.3, -0.25) is 4.79 Å². The number of aromatic nitrogens is 5. The summed E-state index contributed by atoms with van der Waals surface area (Å²) < 4.78 is 4.24. The minimum atomic E-state index is -0.404. The van der Waals surface area contributed by atoms with E-state index in [1.165, 1.54) is 4.40 Å². The van der Waals surface area contributed by atoms with E-state index < -0.39 is 5.69 Å². The Morgan fingerprint density at radius 1 is 1.06 bits per heavy atom. The molecule has 0 aliphatic heterocycles. The molecule has 9 heteroatoms. The highest BCUT2D eigenvalue weighted by Crippen LogP contribution is 2.25. The van der Waals surface area contributed by atoms with Crippen LogP contribution in [0.2, 0.25) is 5.02 Å². The lowest BCUT2D eigenvalue weighted by molar-refractivity contribution is -0.117. The van der Waals surface area contributed by atoms with E-state index in [0.717, 1.165) is 27.1 Å². The van der Waals surface area contributed by atoms with Gasteiger partial charge in [-0.05, 0) is 49.7 Å². The molecule has 1 N–H and O–H groups in total. The van der Waals surface area contributed by atoms with E-state index in [2.05, 4.69) is 33.7 Å². The van der Waals surface area contributed by atoms with Crippen molar-refractivity contribution in [2.75, 3.05) is 5.32 Å². The molecule has 1 amide bonds. The zero-order valence-corrected chi connectivity index (χ0v) is 18.2. The topological polar surface area (TPSA) is 85.7 Å². The van der Waals surface area contributed by atoms with Crippen molar-refractivity contribution in [2.24, 2.45) is 0 Å². The van der Waals surface area contributed by atoms with Gasteiger partial charge in [-0.25, -0.2) is 18.4 Å². The molecule has 3 aromatic heterocycles. The van der Waals surface area contributed by atoms with Crippen molar-refractivity contribution >= 4 is 34.4 Å². The molecular weight excluding hydrogens is 428 g/mol. The Morgan fingerprint density at radius 3 is 2.72 bits per heavy atom. The second kappa shape index (κ2) is 7.65. The van der Waals surface area contributed by atoms with Crippen molar-refractivity contribution in [3.8, 4) is 11.3 Å². The zero-order chi connectivity index (χ0) is 22.4. The van der Waals surface area contributed by atoms with Gasteiger partial charge in [0, 0.05) is 28.7 Å². The maximum atomic E-state index is 12.8. The molecule has 0 atom stereocenters. The average molecular weight is 447 g/mol. The van der Waals surface area contributed by atoms with Gasteiger partial charge in [0.2, 0.25) is 5.91 Å². The summed E-state index contributed by atoms with van der Waals surface area (Å²) in [5.74, 6) is -0.377. The van der Waals surface area contributed by atoms with E-state index >= 15 is 0 Å². The van der Waals surface area contributed by atoms with Gasteiger partial charge < -0.3 is 5.32 Å². The summed E-state index contributed by atoms with van der Waals surface area (Å²) in [4.78, 5) is 25.3. The van der Waals surface area contributed by atoms with E-state index in [1.54, 1.807) is 41.2 Å². The molecule has 160 valence electrons. The number of fused-ring (bicyclic) bond motifs is 3. The lowest BCUT2D eigenvalue weighted by atomic mass is 10.0. The summed E-state index contributed by atoms with van der Waals surface area (Å²) >= 11 is 5.96. The molecule has 8 nitrogen and oxygen atoms in total. The molecule has 3 heterocycles. The summed E-state index contributed by atoms with van der Waals surface area (Å²) in [7, 11) is 0. The normalized spacial score (nSPS) is 11.3. The van der Waals surface area contributed by atoms with Crippen LogP contribution in [0.1, 0.15) is 11.1 Å². The van der Waals surface area contributed by atoms with E-state index in [-0.39, 0.29) is 12.5 Å². The Kier molecular flexibility index (Phi) is 4.79. The van der Waals surface area contributed by atoms with Gasteiger partial charge in [-0.15, -0.1) is 5.10 Å². The van der Waals surface area contributed by atoms with Crippen molar-refractivity contribution in [3.05, 3.63) is 87.6 Å². The van der Waals surface area contributed by atoms with Gasteiger partial charge in [0.25, 0.3) is 0 Å². The van der Waals surface area contributed by atoms with Crippen molar-refractivity contribution in [1.29, 1.82) is 0 Å². The monoisotopic (exact) mass is 446 g/mol. The van der Waals surface area contributed by atoms with Crippen LogP contribution >= 0.6 is 11.6 Å². The number of hydrogen-bond donors (Lipinski definition) is 1. The number of halogens is 1. The standard InChI is InChI=1S/C23H19ClN6O2/c1-14-6-7-15(2)18(10-14)19-12-20-22-27-30(23(32)28(22)8-9-29(20)26-19)13-21(31)25-17-5-3-4-16(24)11-17/h3-12H,13H2,1-2H3,(H,25,31). The van der Waals surface area contributed by atoms with Crippen LogP contribution in [0.3, 0.4) is 0 Å². The molecule has 0 spiro atoms. The molecule has 2 aromatic carbocycles. The summed E-state index contributed by atoms with van der Waals surface area (Å²) in [6.07, 6.45) is 3.30. The van der Waals surface area contributed by atoms with Crippen molar-refractivity contribution in [1.82, 2.24) is 23.8 Å². The SMILES string of the molecule is Cc1ccc(C)c(-c2cc3c4nn(CC(=O)Nc5cccc(Cl)c5)c(=O)n4ccn3n2)c1. The highest BCUT2D eigenvalue weighted by atomic mass is 35.5. The fourth-order valence-electron chi connectivity index (χ4n) is 3.68. The smallest absolute Gasteiger partial charge is 0.324 e. The number of rotatable bonds is 4. The number of carbonyl (C=O) groups is 1. The molecule has 0 unspecified atom stereocenters. The van der Waals surface area contributed by atoms with Gasteiger partial charge in [0.15, 0.2) is 5.65 Å². The molecule has 0 bridgehead atoms. The fraction of sp³-hybridized carbons (Fsp3) is 0.130. The van der Waals surface area contributed by atoms with Crippen LogP contribution in [0.15, 0.2) is 65.7 Å². The van der Waals surface area contributed by atoms with Crippen molar-refractivity contribution < 1.29 is 4.79 Å². The first kappa shape index (κ1) is 20.0. The van der Waals surface area contributed by atoms with Gasteiger partial charge in [-0.1, -0.05) is 35.4 Å². The summed E-state index contributed by atoms with van der Waals surface area (Å²) in [5, 5.41) is 12.3. The number of anilines is 1. The molecule has 5 rings (SSSR count). The molecule has 0 aliphatic carbocycles. The summed E-state index contributed by atoms with van der Waals surface area (Å²) in [6, 6.07) is 14.9. The number of nitrogens with one attached hydrogen (secondary N) is 1. The van der Waals surface area contributed by atoms with Crippen LogP contribution in [0, 0.1) is 13.8 Å². The maximum absolute atomic E-state index is 12.8. The minimum absolute atomic E-state index is 0.225. The van der Waals surface area contributed by atoms with Crippen LogP contribution in [0.25, 0.3) is 22.4 Å². The highest BCUT2D eigenvalue weighted by molar-refractivity contribution is 6.30. The first-order chi connectivity index (χ1) is 15.4. The number of nitrogens with zero attached hydrogens (tertiary/aromatic N) is 5. The van der Waals surface area contributed by atoms with Crippen LogP contribution in [0.4, 0.5) is 5.69 Å². The summed E-state index contributed by atoms with van der Waals surface area (Å²) in [5.41, 5.74) is 5.31. The van der Waals surface area contributed by atoms with Crippen LogP contribution in [-0.2, 0) is 11.3 Å². The number of hydrogen-bond acceptors (Lipinski definition) is 4. The predicted molar refractivity (Wildman–Crippen MR) is 123 cm³/mol. The highest BCUT2D eigenvalue weighted by Gasteiger charge is 2.16. The van der Waals surface area contributed by atoms with E-state index in [9.17, 15) is 9.59 Å². The van der Waals surface area contributed by atoms with Gasteiger partial charge in [0.05, 0.1) is 5.69 Å². The Labute approximate surface area is 187 Å². The summed E-state index contributed by atoms with van der Waals surface area (Å²) in [6.45, 7) is 3.84. The Balaban J connectivity index is 1.52. The van der Waals surface area contributed by atoms with Crippen molar-refractivity contribution in [3.63, 3.8) is 0 Å². The third-order valence-corrected chi connectivity index (χ3v) is 5.50. The van der Waals surface area contributed by atoms with E-state index in [1.807, 2.05) is 19.9 Å². The van der Waals surface area contributed by atoms with E-state index in [0.29, 0.717) is 21.9 Å². The number of aryl methyl sites for hydroxylation is 2. The Morgan fingerprint density at radius 2 is 1.91 bits per heavy atom. The zero-order valence-electron chi connectivity index (χ0n) is 17.4. The van der Waals surface area contributed by atoms with E-state index in [4.69, 9.17) is 11.6 Å². The molecule has 0 radical (unpaired) electrons. The second-order valence-electron chi connectivity index (χ2n) is 7.67. The van der Waals surface area contributed by atoms with Crippen molar-refractivity contribution in [2.45, 2.75) is 20.4 Å². The fourth-order valence-corrected chi connectivity index (χ4v) is 3.87. The molecule has 0 saturated carbocycles. The first-order valence-corrected chi connectivity index (χ1v) is 10.4. The number of benzene rings is 2. The number of carbonyl (C=O) groups excluding carboxylic acids is 1. The average Bonchev–Trinajstić information content (AvgIpc) is 3.31. The third kappa shape index (κ3) is 3.54. The Bertz CT molecular complexity index is 1560. The lowest BCUT2D eigenvalue weighted by Gasteiger charge is -2.04. The lowest BCUT2D eigenvalue weighted by Crippen LogP contribution is -2.28. The minimum Gasteiger partial charge on any atom is -0.324 e. The second-order valence-corrected chi connectivity index (χ2v) is 8.10. The van der Waals surface area contributed by atoms with Gasteiger partial charge in [0.1, 0.15) is 12.1 Å². The predicted octanol–water partition coefficient (Wildman–Crippen LogP) is 3.72. The molecule has 0 saturated heterocycles. The molecular formula is C23H19ClN6O2. The Hall–Kier alpha value is -3.91. The van der Waals surface area contributed by atoms with Gasteiger partial charge in [-0.2, -0.15) is 5.10 Å². The quantitative estimate of drug-likeness (QED) is 0.456. The largest absolute Gasteiger partial charge is 0.350 e. The molecule has 0 fully saturated rings. The molecule has 0 aliphatic rings. The van der Waals surface area contributed by atoms with Crippen LogP contribution < -0.4 is 11.0 Å². The van der Waals surface area contributed by atoms with Crippen LogP contribution in [-0.4, -0.2) is 29.7 Å². The van der Waals surface area contributed by atoms with Gasteiger partial charge >= 0.3 is 5.69 Å². The third-order valence-electron chi connectivity index (χ3n) is 5.26. The first-order valence-electron chi connectivity index (χ1n) is 10.00. The molecule has 5 aromatic rings. The van der Waals surface area contributed by atoms with Crippen LogP contribution in [0.5, 0.6) is 0 Å². The maximum Gasteiger partial charge on any atom is 0.350 e. The molecule has 32 heavy (non-hydrogen) atoms.